The molecular formula is C24H30N6O2. The van der Waals surface area contributed by atoms with Gasteiger partial charge in [0.15, 0.2) is 0 Å². The minimum Gasteiger partial charge on any atom is -0.352 e. The standard InChI is InChI=1S/C24H30N6O2/c1-29-12-8-3-2-5-11-17-13-21(17)25-23(31)19-14-18(15-20(19)24(29)32)30-27-22(26-28-30)16-9-6-4-7-10-16/h4-7,9-11,17-21H,2-3,8,12-15H2,1H3,(H,25,31)/b11-5-/t17-,18-,19-,20-,21-/m1/s1. The lowest BCUT2D eigenvalue weighted by molar-refractivity contribution is -0.139. The molecule has 168 valence electrons. The summed E-state index contributed by atoms with van der Waals surface area (Å²) in [5, 5.41) is 16.3. The van der Waals surface area contributed by atoms with E-state index in [1.54, 1.807) is 9.70 Å². The van der Waals surface area contributed by atoms with Gasteiger partial charge in [0, 0.05) is 25.2 Å². The van der Waals surface area contributed by atoms with Gasteiger partial charge in [0.1, 0.15) is 0 Å². The zero-order valence-electron chi connectivity index (χ0n) is 18.4. The summed E-state index contributed by atoms with van der Waals surface area (Å²) in [5.41, 5.74) is 0.900. The summed E-state index contributed by atoms with van der Waals surface area (Å²) >= 11 is 0. The van der Waals surface area contributed by atoms with Crippen LogP contribution in [-0.4, -0.2) is 56.6 Å². The highest BCUT2D eigenvalue weighted by atomic mass is 16.2. The summed E-state index contributed by atoms with van der Waals surface area (Å²) in [7, 11) is 1.85. The number of rotatable bonds is 2. The Morgan fingerprint density at radius 1 is 1.03 bits per heavy atom. The van der Waals surface area contributed by atoms with E-state index >= 15 is 0 Å². The number of amides is 2. The largest absolute Gasteiger partial charge is 0.352 e. The van der Waals surface area contributed by atoms with Gasteiger partial charge in [-0.05, 0) is 49.7 Å². The molecule has 1 aromatic heterocycles. The Morgan fingerprint density at radius 2 is 1.84 bits per heavy atom. The first-order valence-electron chi connectivity index (χ1n) is 11.7. The van der Waals surface area contributed by atoms with E-state index in [0.717, 1.165) is 31.2 Å². The lowest BCUT2D eigenvalue weighted by Crippen LogP contribution is -2.41. The fourth-order valence-electron chi connectivity index (χ4n) is 5.00. The zero-order valence-corrected chi connectivity index (χ0v) is 18.4. The van der Waals surface area contributed by atoms with Crippen molar-refractivity contribution in [1.82, 2.24) is 30.4 Å². The Labute approximate surface area is 188 Å². The van der Waals surface area contributed by atoms with Crippen LogP contribution < -0.4 is 5.32 Å². The van der Waals surface area contributed by atoms with Gasteiger partial charge in [-0.25, -0.2) is 0 Å². The summed E-state index contributed by atoms with van der Waals surface area (Å²) in [6.07, 6.45) is 9.62. The minimum atomic E-state index is -0.366. The van der Waals surface area contributed by atoms with Crippen LogP contribution in [0.5, 0.6) is 0 Å². The molecule has 2 heterocycles. The van der Waals surface area contributed by atoms with Crippen molar-refractivity contribution in [2.75, 3.05) is 13.6 Å². The number of hydrogen-bond donors (Lipinski definition) is 1. The first kappa shape index (κ1) is 20.8. The maximum Gasteiger partial charge on any atom is 0.226 e. The van der Waals surface area contributed by atoms with Crippen LogP contribution in [0, 0.1) is 17.8 Å². The van der Waals surface area contributed by atoms with Crippen LogP contribution in [0.2, 0.25) is 0 Å². The van der Waals surface area contributed by atoms with E-state index in [0.29, 0.717) is 31.1 Å². The SMILES string of the molecule is CN1CCCC/C=C\[C@@H]2C[C@H]2NC(=O)[C@@H]2C[C@@H](n3nnc(-c4ccccc4)n3)C[C@H]2C1=O. The quantitative estimate of drug-likeness (QED) is 0.734. The van der Waals surface area contributed by atoms with Crippen LogP contribution in [0.25, 0.3) is 11.4 Å². The fourth-order valence-corrected chi connectivity index (χ4v) is 5.00. The van der Waals surface area contributed by atoms with E-state index in [1.807, 2.05) is 37.4 Å². The molecule has 1 aliphatic heterocycles. The molecule has 2 saturated carbocycles. The van der Waals surface area contributed by atoms with Gasteiger partial charge in [0.25, 0.3) is 0 Å². The van der Waals surface area contributed by atoms with E-state index < -0.39 is 0 Å². The molecule has 2 aromatic rings. The van der Waals surface area contributed by atoms with Crippen molar-refractivity contribution >= 4 is 11.8 Å². The van der Waals surface area contributed by atoms with Gasteiger partial charge in [0.05, 0.1) is 17.9 Å². The third kappa shape index (κ3) is 4.31. The van der Waals surface area contributed by atoms with E-state index in [2.05, 4.69) is 32.9 Å². The molecule has 1 aromatic carbocycles. The highest BCUT2D eigenvalue weighted by Crippen LogP contribution is 2.41. The van der Waals surface area contributed by atoms with Crippen molar-refractivity contribution in [2.24, 2.45) is 17.8 Å². The maximum atomic E-state index is 13.3. The normalized spacial score (nSPS) is 31.9. The molecule has 0 saturated heterocycles. The monoisotopic (exact) mass is 434 g/mol. The van der Waals surface area contributed by atoms with Gasteiger partial charge < -0.3 is 10.2 Å². The Hall–Kier alpha value is -3.03. The van der Waals surface area contributed by atoms with Crippen molar-refractivity contribution in [3.8, 4) is 11.4 Å². The summed E-state index contributed by atoms with van der Waals surface area (Å²) in [6, 6.07) is 9.79. The summed E-state index contributed by atoms with van der Waals surface area (Å²) in [5.74, 6) is 0.309. The molecule has 3 aliphatic rings. The lowest BCUT2D eigenvalue weighted by Gasteiger charge is -2.24. The van der Waals surface area contributed by atoms with E-state index in [9.17, 15) is 9.59 Å². The number of carbonyl (C=O) groups is 2. The minimum absolute atomic E-state index is 0.0133. The maximum absolute atomic E-state index is 13.3. The average molecular weight is 435 g/mol. The molecule has 5 rings (SSSR count). The van der Waals surface area contributed by atoms with Gasteiger partial charge in [-0.3, -0.25) is 9.59 Å². The van der Waals surface area contributed by atoms with E-state index in [1.165, 1.54) is 0 Å². The second-order valence-corrected chi connectivity index (χ2v) is 9.34. The zero-order chi connectivity index (χ0) is 22.1. The van der Waals surface area contributed by atoms with Crippen LogP contribution >= 0.6 is 0 Å². The Bertz CT molecular complexity index is 1000. The van der Waals surface area contributed by atoms with Crippen LogP contribution in [0.1, 0.15) is 44.6 Å². The molecule has 2 aliphatic carbocycles. The fraction of sp³-hybridized carbons (Fsp3) is 0.542. The van der Waals surface area contributed by atoms with Crippen molar-refractivity contribution in [3.63, 3.8) is 0 Å². The molecule has 2 fully saturated rings. The number of allylic oxidation sites excluding steroid dienone is 1. The van der Waals surface area contributed by atoms with Gasteiger partial charge in [-0.2, -0.15) is 4.80 Å². The number of tetrazole rings is 1. The molecule has 32 heavy (non-hydrogen) atoms. The van der Waals surface area contributed by atoms with Crippen molar-refractivity contribution in [2.45, 2.75) is 50.6 Å². The molecule has 0 spiro atoms. The molecule has 1 N–H and O–H groups in total. The Kier molecular flexibility index (Phi) is 5.76. The number of hydrogen-bond acceptors (Lipinski definition) is 5. The van der Waals surface area contributed by atoms with Crippen LogP contribution in [0.3, 0.4) is 0 Å². The predicted molar refractivity (Wildman–Crippen MR) is 119 cm³/mol. The topological polar surface area (TPSA) is 93.0 Å². The van der Waals surface area contributed by atoms with Gasteiger partial charge in [-0.1, -0.05) is 42.5 Å². The Balaban J connectivity index is 1.36. The summed E-state index contributed by atoms with van der Waals surface area (Å²) in [6.45, 7) is 0.716. The third-order valence-corrected chi connectivity index (χ3v) is 7.02. The van der Waals surface area contributed by atoms with E-state index in [-0.39, 0.29) is 35.7 Å². The van der Waals surface area contributed by atoms with E-state index in [4.69, 9.17) is 0 Å². The molecule has 8 nitrogen and oxygen atoms in total. The lowest BCUT2D eigenvalue weighted by atomic mass is 9.93. The first-order valence-corrected chi connectivity index (χ1v) is 11.7. The number of benzene rings is 1. The Morgan fingerprint density at radius 3 is 2.69 bits per heavy atom. The highest BCUT2D eigenvalue weighted by molar-refractivity contribution is 5.88. The molecule has 0 bridgehead atoms. The predicted octanol–water partition coefficient (Wildman–Crippen LogP) is 2.61. The van der Waals surface area contributed by atoms with Crippen LogP contribution in [-0.2, 0) is 9.59 Å². The first-order chi connectivity index (χ1) is 15.6. The number of fused-ring (bicyclic) bond motifs is 2. The van der Waals surface area contributed by atoms with Crippen molar-refractivity contribution in [3.05, 3.63) is 42.5 Å². The molecular weight excluding hydrogens is 404 g/mol. The second-order valence-electron chi connectivity index (χ2n) is 9.34. The number of nitrogens with zero attached hydrogens (tertiary/aromatic N) is 5. The van der Waals surface area contributed by atoms with Crippen LogP contribution in [0.4, 0.5) is 0 Å². The summed E-state index contributed by atoms with van der Waals surface area (Å²) in [4.78, 5) is 29.9. The smallest absolute Gasteiger partial charge is 0.226 e. The average Bonchev–Trinajstić information content (AvgIpc) is 3.19. The number of nitrogens with one attached hydrogen (secondary N) is 1. The second kappa shape index (κ2) is 8.84. The summed E-state index contributed by atoms with van der Waals surface area (Å²) < 4.78 is 0. The number of aromatic nitrogens is 4. The van der Waals surface area contributed by atoms with Crippen molar-refractivity contribution < 1.29 is 9.59 Å². The molecule has 8 heteroatoms. The number of carbonyl (C=O) groups excluding carboxylic acids is 2. The van der Waals surface area contributed by atoms with Gasteiger partial charge >= 0.3 is 0 Å². The molecule has 0 unspecified atom stereocenters. The third-order valence-electron chi connectivity index (χ3n) is 7.02. The van der Waals surface area contributed by atoms with Gasteiger partial charge in [-0.15, -0.1) is 10.2 Å². The molecule has 0 radical (unpaired) electrons. The highest BCUT2D eigenvalue weighted by Gasteiger charge is 2.47. The van der Waals surface area contributed by atoms with Crippen molar-refractivity contribution in [1.29, 1.82) is 0 Å². The van der Waals surface area contributed by atoms with Crippen LogP contribution in [0.15, 0.2) is 42.5 Å². The van der Waals surface area contributed by atoms with Gasteiger partial charge in [0.2, 0.25) is 17.6 Å². The molecule has 5 atom stereocenters. The molecule has 2 amide bonds.